The second-order valence-electron chi connectivity index (χ2n) is 6.58. The van der Waals surface area contributed by atoms with Crippen molar-refractivity contribution in [3.63, 3.8) is 0 Å². The second kappa shape index (κ2) is 5.28. The molecule has 0 aliphatic rings. The molecule has 0 saturated carbocycles. The Balaban J connectivity index is 1.69. The van der Waals surface area contributed by atoms with E-state index in [1.54, 1.807) is 0 Å². The standard InChI is InChI=1S/C19H22N2/c1-19(2,3)16-6-4-14(5-7-16)13-21-17-8-9-18-15(12-17)10-11-20-18/h4-12,20-21H,13H2,1-3H3. The van der Waals surface area contributed by atoms with Crippen molar-refractivity contribution in [1.82, 2.24) is 4.98 Å². The smallest absolute Gasteiger partial charge is 0.0455 e. The molecule has 1 aromatic heterocycles. The molecule has 21 heavy (non-hydrogen) atoms. The van der Waals surface area contributed by atoms with Gasteiger partial charge in [-0.25, -0.2) is 0 Å². The Morgan fingerprint density at radius 2 is 1.71 bits per heavy atom. The number of rotatable bonds is 3. The highest BCUT2D eigenvalue weighted by atomic mass is 14.9. The van der Waals surface area contributed by atoms with Crippen LogP contribution in [0.4, 0.5) is 5.69 Å². The molecule has 0 aliphatic carbocycles. The van der Waals surface area contributed by atoms with E-state index in [-0.39, 0.29) is 5.41 Å². The van der Waals surface area contributed by atoms with Gasteiger partial charge in [0.1, 0.15) is 0 Å². The fourth-order valence-electron chi connectivity index (χ4n) is 2.49. The van der Waals surface area contributed by atoms with Crippen molar-refractivity contribution >= 4 is 16.6 Å². The van der Waals surface area contributed by atoms with Gasteiger partial charge in [-0.2, -0.15) is 0 Å². The van der Waals surface area contributed by atoms with Crippen LogP contribution in [0.2, 0.25) is 0 Å². The number of fused-ring (bicyclic) bond motifs is 1. The van der Waals surface area contributed by atoms with Crippen LogP contribution in [-0.2, 0) is 12.0 Å². The molecule has 0 saturated heterocycles. The molecule has 2 N–H and O–H groups in total. The highest BCUT2D eigenvalue weighted by Gasteiger charge is 2.12. The normalized spacial score (nSPS) is 11.8. The lowest BCUT2D eigenvalue weighted by molar-refractivity contribution is 0.590. The fourth-order valence-corrected chi connectivity index (χ4v) is 2.49. The van der Waals surface area contributed by atoms with E-state index >= 15 is 0 Å². The third kappa shape index (κ3) is 3.10. The average Bonchev–Trinajstić information content (AvgIpc) is 2.92. The predicted octanol–water partition coefficient (Wildman–Crippen LogP) is 5.08. The van der Waals surface area contributed by atoms with Crippen molar-refractivity contribution in [3.8, 4) is 0 Å². The predicted molar refractivity (Wildman–Crippen MR) is 90.8 cm³/mol. The SMILES string of the molecule is CC(C)(C)c1ccc(CNc2ccc3[nH]ccc3c2)cc1. The minimum atomic E-state index is 0.214. The van der Waals surface area contributed by atoms with E-state index < -0.39 is 0 Å². The highest BCUT2D eigenvalue weighted by Crippen LogP contribution is 2.23. The molecule has 0 bridgehead atoms. The molecule has 1 heterocycles. The van der Waals surface area contributed by atoms with Gasteiger partial charge in [0.2, 0.25) is 0 Å². The molecule has 2 nitrogen and oxygen atoms in total. The molecule has 0 fully saturated rings. The zero-order chi connectivity index (χ0) is 14.9. The van der Waals surface area contributed by atoms with Crippen molar-refractivity contribution in [1.29, 1.82) is 0 Å². The van der Waals surface area contributed by atoms with Gasteiger partial charge in [-0.1, -0.05) is 45.0 Å². The number of aromatic nitrogens is 1. The number of hydrogen-bond donors (Lipinski definition) is 2. The Kier molecular flexibility index (Phi) is 3.46. The third-order valence-corrected chi connectivity index (χ3v) is 3.87. The van der Waals surface area contributed by atoms with Gasteiger partial charge in [-0.05, 0) is 40.8 Å². The highest BCUT2D eigenvalue weighted by molar-refractivity contribution is 5.82. The van der Waals surface area contributed by atoms with Crippen LogP contribution in [0.3, 0.4) is 0 Å². The average molecular weight is 278 g/mol. The molecule has 2 aromatic carbocycles. The van der Waals surface area contributed by atoms with Crippen molar-refractivity contribution in [3.05, 3.63) is 65.9 Å². The van der Waals surface area contributed by atoms with Crippen LogP contribution in [-0.4, -0.2) is 4.98 Å². The van der Waals surface area contributed by atoms with Crippen LogP contribution in [0.25, 0.3) is 10.9 Å². The minimum absolute atomic E-state index is 0.214. The lowest BCUT2D eigenvalue weighted by Crippen LogP contribution is -2.11. The van der Waals surface area contributed by atoms with Crippen LogP contribution in [0.5, 0.6) is 0 Å². The summed E-state index contributed by atoms with van der Waals surface area (Å²) >= 11 is 0. The number of benzene rings is 2. The van der Waals surface area contributed by atoms with E-state index in [2.05, 4.69) is 79.6 Å². The Morgan fingerprint density at radius 3 is 2.43 bits per heavy atom. The number of hydrogen-bond acceptors (Lipinski definition) is 1. The molecule has 108 valence electrons. The van der Waals surface area contributed by atoms with Crippen LogP contribution >= 0.6 is 0 Å². The summed E-state index contributed by atoms with van der Waals surface area (Å²) < 4.78 is 0. The molecule has 0 aliphatic heterocycles. The van der Waals surface area contributed by atoms with E-state index in [0.29, 0.717) is 0 Å². The molecule has 0 radical (unpaired) electrons. The largest absolute Gasteiger partial charge is 0.381 e. The Hall–Kier alpha value is -2.22. The summed E-state index contributed by atoms with van der Waals surface area (Å²) in [4.78, 5) is 3.21. The van der Waals surface area contributed by atoms with Crippen molar-refractivity contribution in [2.75, 3.05) is 5.32 Å². The second-order valence-corrected chi connectivity index (χ2v) is 6.58. The maximum absolute atomic E-state index is 3.49. The first-order valence-corrected chi connectivity index (χ1v) is 7.43. The summed E-state index contributed by atoms with van der Waals surface area (Å²) in [6, 6.07) is 17.4. The Bertz CT molecular complexity index is 730. The monoisotopic (exact) mass is 278 g/mol. The van der Waals surface area contributed by atoms with Crippen molar-refractivity contribution < 1.29 is 0 Å². The summed E-state index contributed by atoms with van der Waals surface area (Å²) in [6.45, 7) is 7.57. The van der Waals surface area contributed by atoms with Gasteiger partial charge in [0.25, 0.3) is 0 Å². The summed E-state index contributed by atoms with van der Waals surface area (Å²) in [7, 11) is 0. The molecule has 0 unspecified atom stereocenters. The van der Waals surface area contributed by atoms with Gasteiger partial charge < -0.3 is 10.3 Å². The van der Waals surface area contributed by atoms with E-state index in [9.17, 15) is 0 Å². The third-order valence-electron chi connectivity index (χ3n) is 3.87. The molecule has 3 aromatic rings. The molecule has 3 rings (SSSR count). The lowest BCUT2D eigenvalue weighted by atomic mass is 9.87. The van der Waals surface area contributed by atoms with Gasteiger partial charge in [-0.3, -0.25) is 0 Å². The maximum atomic E-state index is 3.49. The van der Waals surface area contributed by atoms with Crippen LogP contribution in [0.15, 0.2) is 54.7 Å². The topological polar surface area (TPSA) is 27.8 Å². The summed E-state index contributed by atoms with van der Waals surface area (Å²) in [5.41, 5.74) is 5.22. The summed E-state index contributed by atoms with van der Waals surface area (Å²) in [5, 5.41) is 4.73. The lowest BCUT2D eigenvalue weighted by Gasteiger charge is -2.19. The van der Waals surface area contributed by atoms with Gasteiger partial charge in [-0.15, -0.1) is 0 Å². The van der Waals surface area contributed by atoms with E-state index in [1.165, 1.54) is 22.0 Å². The first kappa shape index (κ1) is 13.7. The zero-order valence-corrected chi connectivity index (χ0v) is 12.9. The van der Waals surface area contributed by atoms with E-state index in [1.807, 2.05) is 6.20 Å². The Labute approximate surface area is 126 Å². The van der Waals surface area contributed by atoms with E-state index in [0.717, 1.165) is 12.2 Å². The Morgan fingerprint density at radius 1 is 0.952 bits per heavy atom. The van der Waals surface area contributed by atoms with Gasteiger partial charge in [0, 0.05) is 29.3 Å². The first-order chi connectivity index (χ1) is 10.0. The molecular weight excluding hydrogens is 256 g/mol. The van der Waals surface area contributed by atoms with Crippen LogP contribution < -0.4 is 5.32 Å². The van der Waals surface area contributed by atoms with E-state index in [4.69, 9.17) is 0 Å². The molecular formula is C19H22N2. The number of nitrogens with one attached hydrogen (secondary N) is 2. The quantitative estimate of drug-likeness (QED) is 0.687. The van der Waals surface area contributed by atoms with Crippen LogP contribution in [0, 0.1) is 0 Å². The summed E-state index contributed by atoms with van der Waals surface area (Å²) in [5.74, 6) is 0. The van der Waals surface area contributed by atoms with Crippen molar-refractivity contribution in [2.45, 2.75) is 32.7 Å². The summed E-state index contributed by atoms with van der Waals surface area (Å²) in [6.07, 6.45) is 1.97. The van der Waals surface area contributed by atoms with Gasteiger partial charge in [0.05, 0.1) is 0 Å². The molecule has 0 atom stereocenters. The maximum Gasteiger partial charge on any atom is 0.0455 e. The number of aromatic amines is 1. The van der Waals surface area contributed by atoms with Gasteiger partial charge >= 0.3 is 0 Å². The number of anilines is 1. The molecule has 2 heteroatoms. The van der Waals surface area contributed by atoms with Crippen molar-refractivity contribution in [2.24, 2.45) is 0 Å². The molecule has 0 amide bonds. The van der Waals surface area contributed by atoms with Gasteiger partial charge in [0.15, 0.2) is 0 Å². The number of H-pyrrole nitrogens is 1. The molecule has 0 spiro atoms. The fraction of sp³-hybridized carbons (Fsp3) is 0.263. The minimum Gasteiger partial charge on any atom is -0.381 e. The zero-order valence-electron chi connectivity index (χ0n) is 12.9. The first-order valence-electron chi connectivity index (χ1n) is 7.43. The van der Waals surface area contributed by atoms with Crippen LogP contribution in [0.1, 0.15) is 31.9 Å².